The number of benzene rings is 2. The maximum Gasteiger partial charge on any atom is 0.226 e. The van der Waals surface area contributed by atoms with E-state index in [0.29, 0.717) is 33.2 Å². The molecule has 2 aromatic heterocycles. The number of hydrogen-bond acceptors (Lipinski definition) is 4. The van der Waals surface area contributed by atoms with E-state index in [9.17, 15) is 4.79 Å². The van der Waals surface area contributed by atoms with Crippen LogP contribution in [-0.4, -0.2) is 27.4 Å². The predicted octanol–water partition coefficient (Wildman–Crippen LogP) is 7.27. The second-order valence-corrected chi connectivity index (χ2v) is 10.5. The number of amides is 1. The third kappa shape index (κ3) is 5.55. The molecule has 2 atom stereocenters. The number of hydrogen-bond donors (Lipinski definition) is 2. The molecule has 1 saturated heterocycles. The molecule has 0 saturated carbocycles. The monoisotopic (exact) mass is 564 g/mol. The molecule has 194 valence electrons. The fraction of sp³-hybridized carbons (Fsp3) is 0.207. The van der Waals surface area contributed by atoms with Gasteiger partial charge in [0.1, 0.15) is 17.6 Å². The lowest BCUT2D eigenvalue weighted by Gasteiger charge is -2.26. The molecule has 0 bridgehead atoms. The molecule has 2 N–H and O–H groups in total. The van der Waals surface area contributed by atoms with Gasteiger partial charge in [0.25, 0.3) is 0 Å². The lowest BCUT2D eigenvalue weighted by atomic mass is 10.0. The minimum Gasteiger partial charge on any atom is -0.459 e. The Morgan fingerprint density at radius 3 is 2.71 bits per heavy atom. The van der Waals surface area contributed by atoms with Gasteiger partial charge >= 0.3 is 0 Å². The summed E-state index contributed by atoms with van der Waals surface area (Å²) in [5, 5.41) is 8.01. The van der Waals surface area contributed by atoms with Crippen LogP contribution in [0.5, 0.6) is 0 Å². The number of furan rings is 1. The van der Waals surface area contributed by atoms with E-state index in [-0.39, 0.29) is 24.4 Å². The van der Waals surface area contributed by atoms with Crippen LogP contribution in [0.15, 0.2) is 77.3 Å². The van der Waals surface area contributed by atoms with E-state index in [1.807, 2.05) is 73.3 Å². The molecule has 1 amide bonds. The first-order valence-electron chi connectivity index (χ1n) is 12.2. The highest BCUT2D eigenvalue weighted by molar-refractivity contribution is 7.80. The van der Waals surface area contributed by atoms with Crippen molar-refractivity contribution >= 4 is 52.1 Å². The second-order valence-electron chi connectivity index (χ2n) is 9.26. The van der Waals surface area contributed by atoms with Crippen molar-refractivity contribution in [2.75, 3.05) is 11.9 Å². The molecule has 0 unspecified atom stereocenters. The highest BCUT2D eigenvalue weighted by Gasteiger charge is 2.41. The molecule has 38 heavy (non-hydrogen) atoms. The van der Waals surface area contributed by atoms with Crippen molar-refractivity contribution in [3.63, 3.8) is 0 Å². The zero-order valence-electron chi connectivity index (χ0n) is 20.9. The van der Waals surface area contributed by atoms with Crippen molar-refractivity contribution < 1.29 is 9.21 Å². The summed E-state index contributed by atoms with van der Waals surface area (Å²) >= 11 is 18.2. The van der Waals surface area contributed by atoms with E-state index in [1.54, 1.807) is 18.3 Å². The van der Waals surface area contributed by atoms with Crippen molar-refractivity contribution in [2.24, 2.45) is 0 Å². The smallest absolute Gasteiger partial charge is 0.226 e. The van der Waals surface area contributed by atoms with Crippen LogP contribution >= 0.6 is 35.4 Å². The van der Waals surface area contributed by atoms with Gasteiger partial charge in [0.15, 0.2) is 5.11 Å². The third-order valence-corrected chi connectivity index (χ3v) is 7.46. The number of carbonyl (C=O) groups is 1. The van der Waals surface area contributed by atoms with E-state index >= 15 is 0 Å². The van der Waals surface area contributed by atoms with Crippen LogP contribution < -0.4 is 10.6 Å². The summed E-state index contributed by atoms with van der Waals surface area (Å²) in [5.74, 6) is 1.21. The third-order valence-electron chi connectivity index (χ3n) is 6.56. The van der Waals surface area contributed by atoms with Gasteiger partial charge in [0.05, 0.1) is 16.8 Å². The standard InChI is InChI=1S/C29H26Cl2N4O2S/c1-17-6-7-18(2)23(15-17)33-26(36)12-14-35-28(27(34-29(35)38)22-5-3-4-13-32-22)25-11-10-24(37-25)20-9-8-19(30)16-21(20)31/h3-11,13,15-16,27-28H,12,14H2,1-2H3,(H,33,36)(H,34,38)/t27-,28-/m1/s1. The summed E-state index contributed by atoms with van der Waals surface area (Å²) in [7, 11) is 0. The summed E-state index contributed by atoms with van der Waals surface area (Å²) in [6, 6.07) is 20.3. The van der Waals surface area contributed by atoms with Gasteiger partial charge in [0, 0.05) is 35.4 Å². The molecule has 3 heterocycles. The summed E-state index contributed by atoms with van der Waals surface area (Å²) in [6.45, 7) is 4.37. The maximum atomic E-state index is 12.9. The second kappa shape index (κ2) is 11.2. The minimum atomic E-state index is -0.314. The number of thiocarbonyl (C=S) groups is 1. The van der Waals surface area contributed by atoms with Gasteiger partial charge in [-0.1, -0.05) is 41.4 Å². The van der Waals surface area contributed by atoms with Crippen molar-refractivity contribution in [2.45, 2.75) is 32.4 Å². The highest BCUT2D eigenvalue weighted by atomic mass is 35.5. The normalized spacial score (nSPS) is 16.9. The van der Waals surface area contributed by atoms with E-state index in [4.69, 9.17) is 39.8 Å². The van der Waals surface area contributed by atoms with Gasteiger partial charge < -0.3 is 20.0 Å². The number of aromatic nitrogens is 1. The molecule has 0 aliphatic carbocycles. The zero-order chi connectivity index (χ0) is 26.8. The van der Waals surface area contributed by atoms with Crippen LogP contribution in [0.3, 0.4) is 0 Å². The summed E-state index contributed by atoms with van der Waals surface area (Å²) in [6.07, 6.45) is 2.00. The Labute approximate surface area is 237 Å². The van der Waals surface area contributed by atoms with Crippen LogP contribution in [0.25, 0.3) is 11.3 Å². The molecule has 1 aliphatic heterocycles. The SMILES string of the molecule is Cc1ccc(C)c(NC(=O)CCN2C(=S)N[C@H](c3ccccn3)[C@H]2c2ccc(-c3ccc(Cl)cc3Cl)o2)c1. The zero-order valence-corrected chi connectivity index (χ0v) is 23.2. The highest BCUT2D eigenvalue weighted by Crippen LogP contribution is 2.41. The number of aryl methyl sites for hydroxylation is 2. The lowest BCUT2D eigenvalue weighted by Crippen LogP contribution is -2.32. The number of rotatable bonds is 7. The topological polar surface area (TPSA) is 70.4 Å². The predicted molar refractivity (Wildman–Crippen MR) is 155 cm³/mol. The summed E-state index contributed by atoms with van der Waals surface area (Å²) < 4.78 is 6.34. The summed E-state index contributed by atoms with van der Waals surface area (Å²) in [5.41, 5.74) is 4.48. The minimum absolute atomic E-state index is 0.0883. The van der Waals surface area contributed by atoms with Crippen LogP contribution in [0.1, 0.15) is 41.1 Å². The number of nitrogens with one attached hydrogen (secondary N) is 2. The van der Waals surface area contributed by atoms with Gasteiger partial charge in [-0.25, -0.2) is 0 Å². The van der Waals surface area contributed by atoms with Crippen molar-refractivity contribution in [3.8, 4) is 11.3 Å². The van der Waals surface area contributed by atoms with Gasteiger partial charge in [-0.05, 0) is 85.7 Å². The molecule has 4 aromatic rings. The Bertz CT molecular complexity index is 1490. The molecule has 1 aliphatic rings. The molecule has 0 spiro atoms. The quantitative estimate of drug-likeness (QED) is 0.230. The van der Waals surface area contributed by atoms with Crippen molar-refractivity contribution in [3.05, 3.63) is 106 Å². The first-order chi connectivity index (χ1) is 18.3. The largest absolute Gasteiger partial charge is 0.459 e. The summed E-state index contributed by atoms with van der Waals surface area (Å²) in [4.78, 5) is 19.5. The van der Waals surface area contributed by atoms with E-state index < -0.39 is 0 Å². The van der Waals surface area contributed by atoms with Crippen molar-refractivity contribution in [1.82, 2.24) is 15.2 Å². The number of halogens is 2. The molecular weight excluding hydrogens is 539 g/mol. The maximum absolute atomic E-state index is 12.9. The van der Waals surface area contributed by atoms with Crippen molar-refractivity contribution in [1.29, 1.82) is 0 Å². The molecule has 9 heteroatoms. The molecule has 6 nitrogen and oxygen atoms in total. The molecular formula is C29H26Cl2N4O2S. The first kappa shape index (κ1) is 26.2. The molecule has 5 rings (SSSR count). The number of nitrogens with zero attached hydrogens (tertiary/aromatic N) is 2. The lowest BCUT2D eigenvalue weighted by molar-refractivity contribution is -0.116. The Kier molecular flexibility index (Phi) is 7.70. The Balaban J connectivity index is 1.41. The van der Waals surface area contributed by atoms with E-state index in [2.05, 4.69) is 15.6 Å². The fourth-order valence-electron chi connectivity index (χ4n) is 4.61. The number of anilines is 1. The first-order valence-corrected chi connectivity index (χ1v) is 13.4. The van der Waals surface area contributed by atoms with Crippen LogP contribution in [0, 0.1) is 13.8 Å². The number of carbonyl (C=O) groups excluding carboxylic acids is 1. The average Bonchev–Trinajstić information content (AvgIpc) is 3.50. The van der Waals surface area contributed by atoms with Gasteiger partial charge in [-0.2, -0.15) is 0 Å². The van der Waals surface area contributed by atoms with Gasteiger partial charge in [-0.15, -0.1) is 0 Å². The Morgan fingerprint density at radius 1 is 1.11 bits per heavy atom. The van der Waals surface area contributed by atoms with Gasteiger partial charge in [-0.3, -0.25) is 9.78 Å². The van der Waals surface area contributed by atoms with Crippen LogP contribution in [0.2, 0.25) is 10.0 Å². The van der Waals surface area contributed by atoms with E-state index in [0.717, 1.165) is 28.1 Å². The van der Waals surface area contributed by atoms with Gasteiger partial charge in [0.2, 0.25) is 5.91 Å². The fourth-order valence-corrected chi connectivity index (χ4v) is 5.44. The van der Waals surface area contributed by atoms with E-state index in [1.165, 1.54) is 0 Å². The molecule has 1 fully saturated rings. The molecule has 0 radical (unpaired) electrons. The van der Waals surface area contributed by atoms with Crippen LogP contribution in [0.4, 0.5) is 5.69 Å². The Morgan fingerprint density at radius 2 is 1.95 bits per heavy atom. The number of pyridine rings is 1. The van der Waals surface area contributed by atoms with Crippen LogP contribution in [-0.2, 0) is 4.79 Å². The average molecular weight is 566 g/mol. The molecule has 2 aromatic carbocycles. The Hall–Kier alpha value is -3.39.